The van der Waals surface area contributed by atoms with Gasteiger partial charge in [0.05, 0.1) is 5.54 Å². The lowest BCUT2D eigenvalue weighted by Crippen LogP contribution is -2.34. The van der Waals surface area contributed by atoms with E-state index in [0.717, 1.165) is 43.7 Å². The Hall–Kier alpha value is -1.53. The van der Waals surface area contributed by atoms with Crippen molar-refractivity contribution in [3.63, 3.8) is 0 Å². The average molecular weight is 342 g/mol. The normalized spacial score (nSPS) is 25.2. The van der Waals surface area contributed by atoms with Crippen molar-refractivity contribution in [3.8, 4) is 0 Å². The first-order chi connectivity index (χ1) is 10.6. The van der Waals surface area contributed by atoms with E-state index in [1.807, 2.05) is 0 Å². The Bertz CT molecular complexity index is 715. The van der Waals surface area contributed by atoms with Gasteiger partial charge in [0, 0.05) is 5.92 Å². The minimum Gasteiger partial charge on any atom is -0.339 e. The molecule has 2 saturated carbocycles. The van der Waals surface area contributed by atoms with Gasteiger partial charge in [-0.1, -0.05) is 24.1 Å². The fourth-order valence-corrected chi connectivity index (χ4v) is 3.40. The van der Waals surface area contributed by atoms with Crippen LogP contribution in [0, 0.1) is 11.6 Å². The molecule has 0 radical (unpaired) electrons. The molecule has 1 aromatic carbocycles. The molecule has 1 heterocycles. The van der Waals surface area contributed by atoms with Crippen LogP contribution in [0.1, 0.15) is 61.2 Å². The predicted octanol–water partition coefficient (Wildman–Crippen LogP) is 3.77. The second-order valence-electron chi connectivity index (χ2n) is 6.44. The molecule has 2 fully saturated rings. The molecule has 2 atom stereocenters. The van der Waals surface area contributed by atoms with Crippen molar-refractivity contribution in [2.45, 2.75) is 49.5 Å². The summed E-state index contributed by atoms with van der Waals surface area (Å²) in [6.07, 6.45) is 4.74. The molecule has 124 valence electrons. The maximum atomic E-state index is 13.3. The predicted molar refractivity (Wildman–Crippen MR) is 82.3 cm³/mol. The minimum absolute atomic E-state index is 0. The van der Waals surface area contributed by atoms with Gasteiger partial charge in [-0.15, -0.1) is 12.4 Å². The molecular weight excluding hydrogens is 324 g/mol. The van der Waals surface area contributed by atoms with Crippen molar-refractivity contribution in [1.29, 1.82) is 0 Å². The van der Waals surface area contributed by atoms with Crippen LogP contribution in [-0.2, 0) is 5.54 Å². The maximum Gasteiger partial charge on any atom is 0.230 e. The van der Waals surface area contributed by atoms with Crippen molar-refractivity contribution in [2.24, 2.45) is 5.73 Å². The number of benzene rings is 1. The molecule has 0 spiro atoms. The number of hydrogen-bond acceptors (Lipinski definition) is 4. The average Bonchev–Trinajstić information content (AvgIpc) is 2.93. The lowest BCUT2D eigenvalue weighted by molar-refractivity contribution is 0.348. The van der Waals surface area contributed by atoms with Crippen LogP contribution in [0.5, 0.6) is 0 Å². The van der Waals surface area contributed by atoms with Crippen molar-refractivity contribution < 1.29 is 13.3 Å². The van der Waals surface area contributed by atoms with Gasteiger partial charge in [0.1, 0.15) is 0 Å². The van der Waals surface area contributed by atoms with E-state index in [1.54, 1.807) is 6.07 Å². The second-order valence-corrected chi connectivity index (χ2v) is 6.44. The molecule has 2 aromatic rings. The smallest absolute Gasteiger partial charge is 0.230 e. The van der Waals surface area contributed by atoms with E-state index in [1.165, 1.54) is 6.07 Å². The SMILES string of the molecule is Cl.NC1(c2noc(C3CC3c3ccc(F)c(F)c3)n2)CCCC1. The summed E-state index contributed by atoms with van der Waals surface area (Å²) in [6, 6.07) is 4.02. The summed E-state index contributed by atoms with van der Waals surface area (Å²) >= 11 is 0. The van der Waals surface area contributed by atoms with Crippen LogP contribution in [0.25, 0.3) is 0 Å². The summed E-state index contributed by atoms with van der Waals surface area (Å²) in [7, 11) is 0. The zero-order valence-corrected chi connectivity index (χ0v) is 13.3. The zero-order valence-electron chi connectivity index (χ0n) is 12.5. The molecular formula is C16H18ClF2N3O. The Morgan fingerprint density at radius 1 is 1.13 bits per heavy atom. The summed E-state index contributed by atoms with van der Waals surface area (Å²) in [6.45, 7) is 0. The molecule has 23 heavy (non-hydrogen) atoms. The van der Waals surface area contributed by atoms with Crippen LogP contribution in [0.15, 0.2) is 22.7 Å². The molecule has 2 unspecified atom stereocenters. The van der Waals surface area contributed by atoms with Crippen molar-refractivity contribution in [1.82, 2.24) is 10.1 Å². The first-order valence-electron chi connectivity index (χ1n) is 7.65. The maximum absolute atomic E-state index is 13.3. The van der Waals surface area contributed by atoms with Crippen LogP contribution < -0.4 is 5.73 Å². The number of halogens is 3. The number of nitrogens with zero attached hydrogens (tertiary/aromatic N) is 2. The van der Waals surface area contributed by atoms with Gasteiger partial charge in [0.15, 0.2) is 17.5 Å². The molecule has 2 aliphatic carbocycles. The van der Waals surface area contributed by atoms with E-state index in [-0.39, 0.29) is 24.2 Å². The second kappa shape index (κ2) is 5.83. The Morgan fingerprint density at radius 3 is 2.57 bits per heavy atom. The highest BCUT2D eigenvalue weighted by molar-refractivity contribution is 5.85. The Balaban J connectivity index is 0.00000156. The highest BCUT2D eigenvalue weighted by Crippen LogP contribution is 2.54. The van der Waals surface area contributed by atoms with Gasteiger partial charge in [-0.25, -0.2) is 8.78 Å². The van der Waals surface area contributed by atoms with E-state index >= 15 is 0 Å². The van der Waals surface area contributed by atoms with Crippen LogP contribution >= 0.6 is 12.4 Å². The van der Waals surface area contributed by atoms with E-state index in [4.69, 9.17) is 10.3 Å². The summed E-state index contributed by atoms with van der Waals surface area (Å²) in [5.74, 6) is -0.317. The van der Waals surface area contributed by atoms with Crippen molar-refractivity contribution in [2.75, 3.05) is 0 Å². The van der Waals surface area contributed by atoms with Gasteiger partial charge in [-0.2, -0.15) is 4.98 Å². The minimum atomic E-state index is -0.827. The molecule has 1 aromatic heterocycles. The molecule has 0 saturated heterocycles. The Morgan fingerprint density at radius 2 is 1.87 bits per heavy atom. The van der Waals surface area contributed by atoms with Crippen LogP contribution in [0.2, 0.25) is 0 Å². The van der Waals surface area contributed by atoms with E-state index in [2.05, 4.69) is 10.1 Å². The quantitative estimate of drug-likeness (QED) is 0.923. The Kier molecular flexibility index (Phi) is 4.14. The van der Waals surface area contributed by atoms with Gasteiger partial charge in [-0.3, -0.25) is 0 Å². The third-order valence-electron chi connectivity index (χ3n) is 4.86. The summed E-state index contributed by atoms with van der Waals surface area (Å²) in [5.41, 5.74) is 6.63. The van der Waals surface area contributed by atoms with Crippen LogP contribution in [0.4, 0.5) is 8.78 Å². The number of rotatable bonds is 3. The lowest BCUT2D eigenvalue weighted by atomic mass is 9.99. The first kappa shape index (κ1) is 16.3. The molecule has 2 aliphatic rings. The summed E-state index contributed by atoms with van der Waals surface area (Å²) < 4.78 is 31.7. The fraction of sp³-hybridized carbons (Fsp3) is 0.500. The van der Waals surface area contributed by atoms with E-state index in [0.29, 0.717) is 11.7 Å². The molecule has 0 amide bonds. The van der Waals surface area contributed by atoms with E-state index < -0.39 is 17.2 Å². The van der Waals surface area contributed by atoms with Crippen LogP contribution in [0.3, 0.4) is 0 Å². The topological polar surface area (TPSA) is 64.9 Å². The van der Waals surface area contributed by atoms with Crippen molar-refractivity contribution in [3.05, 3.63) is 47.1 Å². The van der Waals surface area contributed by atoms with Gasteiger partial charge in [-0.05, 0) is 42.9 Å². The molecule has 0 aliphatic heterocycles. The highest BCUT2D eigenvalue weighted by Gasteiger charge is 2.45. The number of aromatic nitrogens is 2. The van der Waals surface area contributed by atoms with Gasteiger partial charge >= 0.3 is 0 Å². The van der Waals surface area contributed by atoms with Gasteiger partial charge in [0.2, 0.25) is 5.89 Å². The zero-order chi connectivity index (χ0) is 15.3. The first-order valence-corrected chi connectivity index (χ1v) is 7.65. The summed E-state index contributed by atoms with van der Waals surface area (Å²) in [5, 5.41) is 4.05. The third kappa shape index (κ3) is 2.85. The Labute approximate surface area is 138 Å². The van der Waals surface area contributed by atoms with E-state index in [9.17, 15) is 8.78 Å². The standard InChI is InChI=1S/C16H17F2N3O.ClH/c17-12-4-3-9(7-13(12)18)10-8-11(10)14-20-15(21-22-14)16(19)5-1-2-6-16;/h3-4,7,10-11H,1-2,5-6,8,19H2;1H. The summed E-state index contributed by atoms with van der Waals surface area (Å²) in [4.78, 5) is 4.47. The molecule has 2 N–H and O–H groups in total. The molecule has 4 rings (SSSR count). The fourth-order valence-electron chi connectivity index (χ4n) is 3.40. The molecule has 0 bridgehead atoms. The van der Waals surface area contributed by atoms with Gasteiger partial charge < -0.3 is 10.3 Å². The molecule has 7 heteroatoms. The molecule has 4 nitrogen and oxygen atoms in total. The monoisotopic (exact) mass is 341 g/mol. The largest absolute Gasteiger partial charge is 0.339 e. The van der Waals surface area contributed by atoms with Crippen molar-refractivity contribution >= 4 is 12.4 Å². The number of hydrogen-bond donors (Lipinski definition) is 1. The van der Waals surface area contributed by atoms with Gasteiger partial charge in [0.25, 0.3) is 0 Å². The number of nitrogens with two attached hydrogens (primary N) is 1. The lowest BCUT2D eigenvalue weighted by Gasteiger charge is -2.17. The third-order valence-corrected chi connectivity index (χ3v) is 4.86. The van der Waals surface area contributed by atoms with Crippen LogP contribution in [-0.4, -0.2) is 10.1 Å². The highest BCUT2D eigenvalue weighted by atomic mass is 35.5.